The molecular weight excluding hydrogens is 781 g/mol. The van der Waals surface area contributed by atoms with Crippen molar-refractivity contribution in [1.82, 2.24) is 10.2 Å². The third-order valence-corrected chi connectivity index (χ3v) is 14.7. The Bertz CT molecular complexity index is 1930. The highest BCUT2D eigenvalue weighted by atomic mass is 16.8. The quantitative estimate of drug-likeness (QED) is 0.0865. The highest BCUT2D eigenvalue weighted by molar-refractivity contribution is 5.98. The van der Waals surface area contributed by atoms with Crippen LogP contribution in [-0.2, 0) is 35.0 Å². The van der Waals surface area contributed by atoms with Crippen molar-refractivity contribution in [3.63, 3.8) is 0 Å². The van der Waals surface area contributed by atoms with Crippen LogP contribution in [0.3, 0.4) is 0 Å². The number of benzene rings is 2. The second kappa shape index (κ2) is 19.9. The molecule has 2 aromatic carbocycles. The van der Waals surface area contributed by atoms with Crippen molar-refractivity contribution in [2.24, 2.45) is 17.3 Å². The number of nitrogens with one attached hydrogen (secondary N) is 1. The fraction of sp³-hybridized carbons (Fsp3) is 0.635. The number of aliphatic hydroxyl groups is 1. The summed E-state index contributed by atoms with van der Waals surface area (Å²) in [5.41, 5.74) is 4.26. The summed E-state index contributed by atoms with van der Waals surface area (Å²) in [6, 6.07) is 16.4. The van der Waals surface area contributed by atoms with Crippen molar-refractivity contribution in [2.75, 3.05) is 20.2 Å². The van der Waals surface area contributed by atoms with Crippen LogP contribution < -0.4 is 5.32 Å². The molecule has 2 saturated carbocycles. The third-order valence-electron chi connectivity index (χ3n) is 14.7. The van der Waals surface area contributed by atoms with Gasteiger partial charge in [0, 0.05) is 44.8 Å². The van der Waals surface area contributed by atoms with Gasteiger partial charge in [-0.25, -0.2) is 4.79 Å². The van der Waals surface area contributed by atoms with Crippen molar-refractivity contribution in [3.8, 4) is 0 Å². The van der Waals surface area contributed by atoms with Crippen LogP contribution in [0.4, 0.5) is 0 Å². The molecule has 2 aliphatic heterocycles. The number of carbonyl (C=O) groups excluding carboxylic acids is 3. The fourth-order valence-corrected chi connectivity index (χ4v) is 10.9. The molecule has 2 N–H and O–H groups in total. The number of fused-ring (bicyclic) bond motifs is 3. The van der Waals surface area contributed by atoms with Crippen LogP contribution in [0, 0.1) is 17.3 Å². The van der Waals surface area contributed by atoms with Crippen LogP contribution in [0.1, 0.15) is 146 Å². The molecule has 62 heavy (non-hydrogen) atoms. The summed E-state index contributed by atoms with van der Waals surface area (Å²) >= 11 is 0. The molecule has 2 saturated heterocycles. The Balaban J connectivity index is 1.18. The topological polar surface area (TPSA) is 127 Å². The second-order valence-electron chi connectivity index (χ2n) is 19.7. The Morgan fingerprint density at radius 1 is 0.935 bits per heavy atom. The molecular formula is C52H72N2O8. The molecule has 2 heterocycles. The molecule has 2 amide bonds. The number of carbonyl (C=O) groups is 3. The maximum absolute atomic E-state index is 14.7. The predicted octanol–water partition coefficient (Wildman–Crippen LogP) is 9.14. The van der Waals surface area contributed by atoms with E-state index in [1.54, 1.807) is 7.05 Å². The number of aliphatic hydroxyl groups excluding tert-OH is 1. The normalized spacial score (nSPS) is 29.3. The highest BCUT2D eigenvalue weighted by Crippen LogP contribution is 2.60. The zero-order valence-electron chi connectivity index (χ0n) is 38.2. The van der Waals surface area contributed by atoms with E-state index >= 15 is 0 Å². The Hall–Kier alpha value is -3.83. The van der Waals surface area contributed by atoms with Gasteiger partial charge in [0.2, 0.25) is 11.8 Å². The van der Waals surface area contributed by atoms with Gasteiger partial charge in [-0.05, 0) is 92.4 Å². The molecule has 7 rings (SSSR count). The minimum Gasteiger partial charge on any atom is -0.456 e. The summed E-state index contributed by atoms with van der Waals surface area (Å²) in [5, 5.41) is 12.3. The first-order chi connectivity index (χ1) is 29.8. The van der Waals surface area contributed by atoms with E-state index in [9.17, 15) is 19.5 Å². The molecule has 10 heteroatoms. The number of rotatable bonds is 18. The van der Waals surface area contributed by atoms with Gasteiger partial charge < -0.3 is 34.3 Å². The lowest BCUT2D eigenvalue weighted by Gasteiger charge is -2.53. The first kappa shape index (κ1) is 46.2. The van der Waals surface area contributed by atoms with Gasteiger partial charge in [0.05, 0.1) is 23.9 Å². The molecule has 4 fully saturated rings. The average Bonchev–Trinajstić information content (AvgIpc) is 3.74. The highest BCUT2D eigenvalue weighted by Gasteiger charge is 2.56. The molecule has 0 radical (unpaired) electrons. The lowest BCUT2D eigenvalue weighted by molar-refractivity contribution is -0.190. The van der Waals surface area contributed by atoms with E-state index in [0.29, 0.717) is 35.8 Å². The lowest BCUT2D eigenvalue weighted by atomic mass is 9.52. The smallest absolute Gasteiger partial charge is 0.339 e. The summed E-state index contributed by atoms with van der Waals surface area (Å²) in [7, 11) is 1.64. The van der Waals surface area contributed by atoms with Crippen LogP contribution in [-0.4, -0.2) is 89.8 Å². The number of ether oxygens (including phenoxy) is 4. The standard InChI is InChI=1S/C52H72N2O8/c1-7-9-16-25-52(26-17-10-8-2)60-44-33-38(48(57)54(6)42(47(56)53-28-29-55)30-35-18-12-11-13-19-35)32-43(46(44)62-52)59-49(58)39-21-15-14-20-36(39)31-37-22-23-45-51(5,61-45)27-24-41-40(37)34-50(41,3)4/h11-15,18-21,31,33,40-46,55H,7-10,16-17,22-30,32,34H2,1-6H3,(H,53,56). The van der Waals surface area contributed by atoms with Crippen LogP contribution in [0.15, 0.2) is 71.8 Å². The fourth-order valence-electron chi connectivity index (χ4n) is 10.9. The van der Waals surface area contributed by atoms with Gasteiger partial charge in [0.1, 0.15) is 24.4 Å². The van der Waals surface area contributed by atoms with Gasteiger partial charge in [0.25, 0.3) is 0 Å². The number of likely N-dealkylation sites (N-methyl/N-ethyl adjacent to an activating group) is 1. The number of hydrogen-bond donors (Lipinski definition) is 2. The molecule has 8 atom stereocenters. The number of amides is 2. The van der Waals surface area contributed by atoms with Crippen molar-refractivity contribution in [3.05, 3.63) is 88.5 Å². The van der Waals surface area contributed by atoms with Gasteiger partial charge in [-0.15, -0.1) is 0 Å². The molecule has 338 valence electrons. The predicted molar refractivity (Wildman–Crippen MR) is 241 cm³/mol. The van der Waals surface area contributed by atoms with Crippen LogP contribution in [0.25, 0.3) is 6.08 Å². The number of nitrogens with zero attached hydrogens (tertiary/aromatic N) is 1. The van der Waals surface area contributed by atoms with Crippen LogP contribution >= 0.6 is 0 Å². The first-order valence-electron chi connectivity index (χ1n) is 23.7. The molecule has 8 unspecified atom stereocenters. The molecule has 0 spiro atoms. The largest absolute Gasteiger partial charge is 0.456 e. The van der Waals surface area contributed by atoms with E-state index < -0.39 is 36.1 Å². The number of hydrogen-bond acceptors (Lipinski definition) is 8. The molecule has 3 aliphatic carbocycles. The van der Waals surface area contributed by atoms with Crippen molar-refractivity contribution in [1.29, 1.82) is 0 Å². The van der Waals surface area contributed by atoms with E-state index in [4.69, 9.17) is 18.9 Å². The summed E-state index contributed by atoms with van der Waals surface area (Å²) in [4.78, 5) is 44.4. The number of epoxide rings is 1. The Morgan fingerprint density at radius 2 is 1.65 bits per heavy atom. The maximum atomic E-state index is 14.7. The number of unbranched alkanes of at least 4 members (excludes halogenated alkanes) is 4. The van der Waals surface area contributed by atoms with Crippen LogP contribution in [0.2, 0.25) is 0 Å². The monoisotopic (exact) mass is 853 g/mol. The van der Waals surface area contributed by atoms with E-state index in [1.807, 2.05) is 60.7 Å². The summed E-state index contributed by atoms with van der Waals surface area (Å²) in [6.45, 7) is 11.2. The Labute approximate surface area is 370 Å². The molecule has 0 bridgehead atoms. The van der Waals surface area contributed by atoms with Gasteiger partial charge in [0.15, 0.2) is 5.79 Å². The second-order valence-corrected chi connectivity index (χ2v) is 19.7. The summed E-state index contributed by atoms with van der Waals surface area (Å²) in [5.74, 6) is -0.989. The zero-order valence-corrected chi connectivity index (χ0v) is 38.2. The van der Waals surface area contributed by atoms with Crippen molar-refractivity contribution >= 4 is 23.9 Å². The zero-order chi connectivity index (χ0) is 44.1. The molecule has 0 aromatic heterocycles. The number of allylic oxidation sites excluding steroid dienone is 1. The first-order valence-corrected chi connectivity index (χ1v) is 23.7. The molecule has 10 nitrogen and oxygen atoms in total. The van der Waals surface area contributed by atoms with Gasteiger partial charge >= 0.3 is 5.97 Å². The van der Waals surface area contributed by atoms with Crippen molar-refractivity contribution in [2.45, 2.75) is 173 Å². The maximum Gasteiger partial charge on any atom is 0.339 e. The lowest BCUT2D eigenvalue weighted by Crippen LogP contribution is -2.51. The van der Waals surface area contributed by atoms with E-state index in [-0.39, 0.29) is 54.9 Å². The molecule has 2 aromatic rings. The third kappa shape index (κ3) is 10.4. The van der Waals surface area contributed by atoms with Crippen LogP contribution in [0.5, 0.6) is 0 Å². The summed E-state index contributed by atoms with van der Waals surface area (Å²) < 4.78 is 26.7. The van der Waals surface area contributed by atoms with E-state index in [2.05, 4.69) is 46.0 Å². The number of esters is 1. The molecule has 5 aliphatic rings. The minimum atomic E-state index is -0.862. The van der Waals surface area contributed by atoms with Gasteiger partial charge in [-0.1, -0.05) is 114 Å². The van der Waals surface area contributed by atoms with E-state index in [0.717, 1.165) is 81.8 Å². The van der Waals surface area contributed by atoms with Gasteiger partial charge in [-0.3, -0.25) is 9.59 Å². The summed E-state index contributed by atoms with van der Waals surface area (Å²) in [6.07, 6.45) is 15.5. The minimum absolute atomic E-state index is 0.0144. The Morgan fingerprint density at radius 3 is 2.34 bits per heavy atom. The van der Waals surface area contributed by atoms with E-state index in [1.165, 1.54) is 10.5 Å². The average molecular weight is 853 g/mol. The van der Waals surface area contributed by atoms with Crippen molar-refractivity contribution < 1.29 is 38.4 Å². The van der Waals surface area contributed by atoms with Gasteiger partial charge in [-0.2, -0.15) is 0 Å². The Kier molecular flexibility index (Phi) is 14.8. The SMILES string of the molecule is CCCCCC1(CCCCC)OC2C=C(C(=O)N(C)C(Cc3ccccc3)C(=O)NCCO)CC(OC(=O)c3ccccc3C=C3CCC4OC4(C)CCC4C3CC4(C)C)C2O1.